The maximum absolute atomic E-state index is 12.9. The smallest absolute Gasteiger partial charge is 0.263 e. The number of rotatable bonds is 6. The van der Waals surface area contributed by atoms with E-state index in [9.17, 15) is 14.4 Å². The van der Waals surface area contributed by atoms with E-state index < -0.39 is 0 Å². The average Bonchev–Trinajstić information content (AvgIpc) is 3.23. The van der Waals surface area contributed by atoms with Crippen molar-refractivity contribution in [3.63, 3.8) is 0 Å². The molecule has 2 aromatic carbocycles. The van der Waals surface area contributed by atoms with Crippen molar-refractivity contribution >= 4 is 45.8 Å². The first-order valence-electron chi connectivity index (χ1n) is 9.77. The van der Waals surface area contributed by atoms with E-state index in [2.05, 4.69) is 22.1 Å². The number of fused-ring (bicyclic) bond motifs is 4. The molecule has 1 N–H and O–H groups in total. The molecule has 0 saturated heterocycles. The highest BCUT2D eigenvalue weighted by Crippen LogP contribution is 2.29. The summed E-state index contributed by atoms with van der Waals surface area (Å²) in [4.78, 5) is 37.2. The maximum atomic E-state index is 12.9. The SMILES string of the molecule is C=CCn1c(=O)c2ccccc2n2c(SCC(=O)c3ccc4c(c3)NC(=O)CO4)nnc12. The van der Waals surface area contributed by atoms with Crippen LogP contribution in [-0.2, 0) is 11.3 Å². The number of carbonyl (C=O) groups excluding carboxylic acids is 2. The van der Waals surface area contributed by atoms with Crippen molar-refractivity contribution in [2.75, 3.05) is 17.7 Å². The number of aromatic nitrogens is 4. The Kier molecular flexibility index (Phi) is 4.98. The van der Waals surface area contributed by atoms with Crippen LogP contribution in [0.15, 0.2) is 65.1 Å². The highest BCUT2D eigenvalue weighted by Gasteiger charge is 2.20. The van der Waals surface area contributed by atoms with Crippen LogP contribution in [0.25, 0.3) is 16.7 Å². The molecule has 2 aromatic heterocycles. The summed E-state index contributed by atoms with van der Waals surface area (Å²) in [6.45, 7) is 3.97. The van der Waals surface area contributed by atoms with E-state index in [1.807, 2.05) is 12.1 Å². The number of ether oxygens (including phenoxy) is 1. The third-order valence-corrected chi connectivity index (χ3v) is 5.99. The normalized spacial score (nSPS) is 12.9. The van der Waals surface area contributed by atoms with Crippen LogP contribution in [-0.4, -0.2) is 43.2 Å². The number of para-hydroxylation sites is 1. The third kappa shape index (κ3) is 3.34. The molecule has 3 heterocycles. The molecule has 0 spiro atoms. The summed E-state index contributed by atoms with van der Waals surface area (Å²) in [5, 5.41) is 12.2. The Balaban J connectivity index is 1.48. The fraction of sp³-hybridized carbons (Fsp3) is 0.136. The van der Waals surface area contributed by atoms with Crippen LogP contribution in [0.4, 0.5) is 5.69 Å². The second kappa shape index (κ2) is 7.97. The number of anilines is 1. The number of benzene rings is 2. The molecule has 10 heteroatoms. The first-order chi connectivity index (χ1) is 15.6. The Hall–Kier alpha value is -3.92. The largest absolute Gasteiger partial charge is 0.482 e. The van der Waals surface area contributed by atoms with Crippen molar-refractivity contribution in [1.29, 1.82) is 0 Å². The monoisotopic (exact) mass is 447 g/mol. The van der Waals surface area contributed by atoms with E-state index in [-0.39, 0.29) is 36.2 Å². The summed E-state index contributed by atoms with van der Waals surface area (Å²) in [6, 6.07) is 12.1. The lowest BCUT2D eigenvalue weighted by molar-refractivity contribution is -0.118. The molecule has 4 aromatic rings. The number of nitrogens with one attached hydrogen (secondary N) is 1. The lowest BCUT2D eigenvalue weighted by atomic mass is 10.1. The second-order valence-corrected chi connectivity index (χ2v) is 8.04. The number of ketones is 1. The van der Waals surface area contributed by atoms with Gasteiger partial charge in [0, 0.05) is 12.1 Å². The molecule has 0 bridgehead atoms. The minimum Gasteiger partial charge on any atom is -0.482 e. The number of carbonyl (C=O) groups is 2. The number of thioether (sulfide) groups is 1. The van der Waals surface area contributed by atoms with E-state index in [0.717, 1.165) is 0 Å². The predicted octanol–water partition coefficient (Wildman–Crippen LogP) is 2.54. The van der Waals surface area contributed by atoms with Gasteiger partial charge >= 0.3 is 0 Å². The van der Waals surface area contributed by atoms with Crippen LogP contribution in [0, 0.1) is 0 Å². The van der Waals surface area contributed by atoms with Gasteiger partial charge in [-0.3, -0.25) is 23.4 Å². The zero-order valence-electron chi connectivity index (χ0n) is 16.8. The Bertz CT molecular complexity index is 1470. The van der Waals surface area contributed by atoms with Gasteiger partial charge in [-0.05, 0) is 30.3 Å². The van der Waals surface area contributed by atoms with Crippen molar-refractivity contribution in [3.05, 3.63) is 71.0 Å². The maximum Gasteiger partial charge on any atom is 0.263 e. The fourth-order valence-corrected chi connectivity index (χ4v) is 4.43. The summed E-state index contributed by atoms with van der Waals surface area (Å²) in [7, 11) is 0. The summed E-state index contributed by atoms with van der Waals surface area (Å²) >= 11 is 1.22. The lowest BCUT2D eigenvalue weighted by Crippen LogP contribution is -2.25. The second-order valence-electron chi connectivity index (χ2n) is 7.10. The van der Waals surface area contributed by atoms with E-state index in [4.69, 9.17) is 4.74 Å². The van der Waals surface area contributed by atoms with Gasteiger partial charge in [0.25, 0.3) is 11.5 Å². The zero-order valence-corrected chi connectivity index (χ0v) is 17.6. The number of nitrogens with zero attached hydrogens (tertiary/aromatic N) is 4. The summed E-state index contributed by atoms with van der Waals surface area (Å²) in [6.07, 6.45) is 1.62. The van der Waals surface area contributed by atoms with Crippen LogP contribution in [0.5, 0.6) is 5.75 Å². The topological polar surface area (TPSA) is 108 Å². The van der Waals surface area contributed by atoms with Gasteiger partial charge in [-0.15, -0.1) is 16.8 Å². The molecular formula is C22H17N5O4S. The van der Waals surface area contributed by atoms with E-state index in [0.29, 0.717) is 38.8 Å². The highest BCUT2D eigenvalue weighted by molar-refractivity contribution is 7.99. The number of allylic oxidation sites excluding steroid dienone is 1. The average molecular weight is 447 g/mol. The van der Waals surface area contributed by atoms with Crippen LogP contribution >= 0.6 is 11.8 Å². The lowest BCUT2D eigenvalue weighted by Gasteiger charge is -2.18. The van der Waals surface area contributed by atoms with E-state index in [1.54, 1.807) is 40.8 Å². The van der Waals surface area contributed by atoms with Gasteiger partial charge < -0.3 is 10.1 Å². The van der Waals surface area contributed by atoms with Crippen LogP contribution in [0.1, 0.15) is 10.4 Å². The van der Waals surface area contributed by atoms with E-state index in [1.165, 1.54) is 16.3 Å². The fourth-order valence-electron chi connectivity index (χ4n) is 3.59. The van der Waals surface area contributed by atoms with Crippen molar-refractivity contribution in [1.82, 2.24) is 19.2 Å². The molecule has 0 aliphatic carbocycles. The predicted molar refractivity (Wildman–Crippen MR) is 121 cm³/mol. The quantitative estimate of drug-likeness (QED) is 0.275. The molecular weight excluding hydrogens is 430 g/mol. The molecule has 0 atom stereocenters. The van der Waals surface area contributed by atoms with Gasteiger partial charge in [-0.2, -0.15) is 0 Å². The molecule has 5 rings (SSSR count). The summed E-state index contributed by atoms with van der Waals surface area (Å²) < 4.78 is 8.61. The first kappa shape index (κ1) is 20.0. The number of Topliss-reactive ketones (excluding diaryl/α,β-unsaturated/α-hetero) is 1. The van der Waals surface area contributed by atoms with Gasteiger partial charge in [0.1, 0.15) is 5.75 Å². The standard InChI is InChI=1S/C22H17N5O4S/c1-2-9-26-20(30)14-5-3-4-6-16(14)27-21(26)24-25-22(27)32-12-17(28)13-7-8-18-15(10-13)23-19(29)11-31-18/h2-8,10H,1,9,11-12H2,(H,23,29). The minimum absolute atomic E-state index is 0.0407. The van der Waals surface area contributed by atoms with Gasteiger partial charge in [0.05, 0.1) is 22.3 Å². The molecule has 1 amide bonds. The van der Waals surface area contributed by atoms with Crippen LogP contribution < -0.4 is 15.6 Å². The molecule has 9 nitrogen and oxygen atoms in total. The minimum atomic E-state index is -0.260. The van der Waals surface area contributed by atoms with Crippen molar-refractivity contribution < 1.29 is 14.3 Å². The molecule has 32 heavy (non-hydrogen) atoms. The van der Waals surface area contributed by atoms with Crippen LogP contribution in [0.2, 0.25) is 0 Å². The Labute approximate surface area is 185 Å². The van der Waals surface area contributed by atoms with E-state index >= 15 is 0 Å². The van der Waals surface area contributed by atoms with Crippen LogP contribution in [0.3, 0.4) is 0 Å². The summed E-state index contributed by atoms with van der Waals surface area (Å²) in [5.41, 5.74) is 1.42. The number of hydrogen-bond donors (Lipinski definition) is 1. The van der Waals surface area contributed by atoms with Crippen molar-refractivity contribution in [2.45, 2.75) is 11.7 Å². The number of hydrogen-bond acceptors (Lipinski definition) is 7. The van der Waals surface area contributed by atoms with Gasteiger partial charge in [0.15, 0.2) is 17.5 Å². The molecule has 0 unspecified atom stereocenters. The Morgan fingerprint density at radius 2 is 2.06 bits per heavy atom. The van der Waals surface area contributed by atoms with Gasteiger partial charge in [0.2, 0.25) is 5.78 Å². The molecule has 1 aliphatic rings. The molecule has 0 radical (unpaired) electrons. The summed E-state index contributed by atoms with van der Waals surface area (Å²) in [5.74, 6) is 0.617. The van der Waals surface area contributed by atoms with Gasteiger partial charge in [-0.25, -0.2) is 0 Å². The number of amides is 1. The Morgan fingerprint density at radius 1 is 1.22 bits per heavy atom. The molecule has 160 valence electrons. The molecule has 0 fully saturated rings. The third-order valence-electron chi connectivity index (χ3n) is 5.06. The zero-order chi connectivity index (χ0) is 22.2. The molecule has 0 saturated carbocycles. The van der Waals surface area contributed by atoms with Crippen molar-refractivity contribution in [3.8, 4) is 5.75 Å². The molecule has 1 aliphatic heterocycles. The Morgan fingerprint density at radius 3 is 2.91 bits per heavy atom. The highest BCUT2D eigenvalue weighted by atomic mass is 32.2. The van der Waals surface area contributed by atoms with Gasteiger partial charge in [-0.1, -0.05) is 30.0 Å². The first-order valence-corrected chi connectivity index (χ1v) is 10.8. The van der Waals surface area contributed by atoms with Crippen molar-refractivity contribution in [2.24, 2.45) is 0 Å².